The molecule has 0 spiro atoms. The first-order chi connectivity index (χ1) is 16.2. The van der Waals surface area contributed by atoms with Crippen LogP contribution in [0.4, 0.5) is 20.2 Å². The highest BCUT2D eigenvalue weighted by molar-refractivity contribution is 7.92. The Bertz CT molecular complexity index is 1560. The molecule has 0 saturated carbocycles. The van der Waals surface area contributed by atoms with Crippen molar-refractivity contribution in [2.75, 3.05) is 4.72 Å². The quantitative estimate of drug-likeness (QED) is 0.274. The normalized spacial score (nSPS) is 11.4. The summed E-state index contributed by atoms with van der Waals surface area (Å²) in [6.07, 6.45) is 4.22. The Morgan fingerprint density at radius 1 is 1.18 bits per heavy atom. The molecule has 0 aliphatic heterocycles. The zero-order chi connectivity index (χ0) is 24.5. The summed E-state index contributed by atoms with van der Waals surface area (Å²) >= 11 is 0. The second kappa shape index (κ2) is 9.03. The highest BCUT2D eigenvalue weighted by atomic mass is 32.2. The van der Waals surface area contributed by atoms with Crippen LogP contribution in [0.3, 0.4) is 0 Å². The van der Waals surface area contributed by atoms with Gasteiger partial charge in [0.1, 0.15) is 11.5 Å². The number of aromatic nitrogens is 2. The summed E-state index contributed by atoms with van der Waals surface area (Å²) in [4.78, 5) is 22.9. The first-order valence-corrected chi connectivity index (χ1v) is 11.7. The van der Waals surface area contributed by atoms with E-state index in [0.29, 0.717) is 0 Å². The lowest BCUT2D eigenvalue weighted by Crippen LogP contribution is -2.16. The molecule has 2 aromatic carbocycles. The Labute approximate surface area is 194 Å². The number of nitrogens with one attached hydrogen (secondary N) is 2. The number of rotatable bonds is 7. The van der Waals surface area contributed by atoms with Crippen LogP contribution < -0.4 is 4.72 Å². The van der Waals surface area contributed by atoms with Crippen LogP contribution in [0, 0.1) is 18.2 Å². The average molecular weight is 480 g/mol. The molecule has 7 nitrogen and oxygen atoms in total. The summed E-state index contributed by atoms with van der Waals surface area (Å²) in [5, 5.41) is 0.218. The second-order valence-corrected chi connectivity index (χ2v) is 9.20. The maximum Gasteiger partial charge on any atom is 0.261 e. The number of anilines is 1. The van der Waals surface area contributed by atoms with Gasteiger partial charge in [-0.25, -0.2) is 22.0 Å². The Morgan fingerprint density at radius 3 is 2.59 bits per heavy atom. The molecule has 10 heteroatoms. The Morgan fingerprint density at radius 2 is 1.91 bits per heavy atom. The Balaban J connectivity index is 1.71. The number of hydrogen-bond acceptors (Lipinski definition) is 4. The predicted molar refractivity (Wildman–Crippen MR) is 123 cm³/mol. The highest BCUT2D eigenvalue weighted by Gasteiger charge is 2.26. The van der Waals surface area contributed by atoms with E-state index in [0.717, 1.165) is 30.5 Å². The van der Waals surface area contributed by atoms with E-state index >= 15 is 4.39 Å². The molecule has 4 aromatic rings. The zero-order valence-corrected chi connectivity index (χ0v) is 18.7. The van der Waals surface area contributed by atoms with E-state index in [1.165, 1.54) is 30.6 Å². The van der Waals surface area contributed by atoms with Gasteiger partial charge in [0, 0.05) is 23.3 Å². The van der Waals surface area contributed by atoms with Crippen molar-refractivity contribution in [3.63, 3.8) is 0 Å². The number of aromatic amines is 1. The summed E-state index contributed by atoms with van der Waals surface area (Å²) in [6, 6.07) is 9.23. The van der Waals surface area contributed by atoms with Gasteiger partial charge in [-0.1, -0.05) is 25.5 Å². The fourth-order valence-corrected chi connectivity index (χ4v) is 4.60. The molecule has 172 valence electrons. The number of sulfonamides is 1. The molecular formula is C24H18F2N4O3S. The van der Waals surface area contributed by atoms with E-state index in [2.05, 4.69) is 19.5 Å². The topological polar surface area (TPSA) is 96.3 Å². The Kier molecular flexibility index (Phi) is 6.13. The molecule has 2 N–H and O–H groups in total. The van der Waals surface area contributed by atoms with Crippen LogP contribution in [-0.2, 0) is 16.4 Å². The summed E-state index contributed by atoms with van der Waals surface area (Å²) in [7, 11) is -4.19. The van der Waals surface area contributed by atoms with Crippen molar-refractivity contribution in [2.24, 2.45) is 0 Å². The minimum atomic E-state index is -4.19. The van der Waals surface area contributed by atoms with Gasteiger partial charge in [-0.2, -0.15) is 0 Å². The lowest BCUT2D eigenvalue weighted by atomic mass is 10.0. The van der Waals surface area contributed by atoms with Crippen molar-refractivity contribution >= 4 is 38.2 Å². The zero-order valence-electron chi connectivity index (χ0n) is 17.9. The summed E-state index contributed by atoms with van der Waals surface area (Å²) in [6.45, 7) is 9.10. The largest absolute Gasteiger partial charge is 0.345 e. The van der Waals surface area contributed by atoms with E-state index in [9.17, 15) is 17.6 Å². The van der Waals surface area contributed by atoms with E-state index in [1.54, 1.807) is 12.1 Å². The number of benzene rings is 2. The van der Waals surface area contributed by atoms with Crippen LogP contribution in [0.15, 0.2) is 59.8 Å². The van der Waals surface area contributed by atoms with Gasteiger partial charge in [0.05, 0.1) is 22.7 Å². The number of carbonyl (C=O) groups is 1. The van der Waals surface area contributed by atoms with E-state index in [1.807, 2.05) is 6.92 Å². The number of fused-ring (bicyclic) bond motifs is 1. The molecule has 0 saturated heterocycles. The SMILES string of the molecule is [C-]#[N+]c1cnc2[nH]cc(C(=O)c3c(F)ccc(NS(=O)(=O)c4ccc(CCC)cc4)c3F)c2c1. The van der Waals surface area contributed by atoms with Gasteiger partial charge in [-0.05, 0) is 42.3 Å². The minimum absolute atomic E-state index is 0.0988. The fraction of sp³-hybridized carbons (Fsp3) is 0.125. The molecule has 2 heterocycles. The third-order valence-corrected chi connectivity index (χ3v) is 6.61. The van der Waals surface area contributed by atoms with Crippen LogP contribution in [0.2, 0.25) is 0 Å². The van der Waals surface area contributed by atoms with Crippen molar-refractivity contribution in [3.8, 4) is 0 Å². The molecule has 34 heavy (non-hydrogen) atoms. The molecule has 4 rings (SSSR count). The molecule has 0 radical (unpaired) electrons. The van der Waals surface area contributed by atoms with E-state index in [4.69, 9.17) is 6.57 Å². The van der Waals surface area contributed by atoms with Crippen molar-refractivity contribution in [1.82, 2.24) is 9.97 Å². The number of halogens is 2. The van der Waals surface area contributed by atoms with E-state index in [-0.39, 0.29) is 27.2 Å². The molecule has 0 aliphatic carbocycles. The van der Waals surface area contributed by atoms with Gasteiger partial charge in [-0.15, -0.1) is 0 Å². The monoisotopic (exact) mass is 480 g/mol. The summed E-state index contributed by atoms with van der Waals surface area (Å²) < 4.78 is 57.5. The number of hydrogen-bond donors (Lipinski definition) is 2. The molecular weight excluding hydrogens is 462 g/mol. The maximum absolute atomic E-state index is 15.3. The summed E-state index contributed by atoms with van der Waals surface area (Å²) in [5.41, 5.74) is -0.225. The number of carbonyl (C=O) groups excluding carboxylic acids is 1. The molecule has 0 amide bonds. The lowest BCUT2D eigenvalue weighted by molar-refractivity contribution is 0.103. The van der Waals surface area contributed by atoms with E-state index < -0.39 is 38.7 Å². The second-order valence-electron chi connectivity index (χ2n) is 7.52. The van der Waals surface area contributed by atoms with Crippen LogP contribution in [0.25, 0.3) is 15.9 Å². The molecule has 2 aromatic heterocycles. The van der Waals surface area contributed by atoms with Gasteiger partial charge < -0.3 is 4.98 Å². The maximum atomic E-state index is 15.3. The number of pyridine rings is 1. The van der Waals surface area contributed by atoms with Crippen LogP contribution in [0.5, 0.6) is 0 Å². The molecule has 0 atom stereocenters. The van der Waals surface area contributed by atoms with Crippen molar-refractivity contribution < 1.29 is 22.0 Å². The number of H-pyrrole nitrogens is 1. The molecule has 0 bridgehead atoms. The van der Waals surface area contributed by atoms with Gasteiger partial charge in [0.15, 0.2) is 5.82 Å². The first kappa shape index (κ1) is 23.1. The van der Waals surface area contributed by atoms with Crippen molar-refractivity contribution in [3.05, 3.63) is 94.6 Å². The van der Waals surface area contributed by atoms with Gasteiger partial charge in [0.2, 0.25) is 11.5 Å². The van der Waals surface area contributed by atoms with Gasteiger partial charge >= 0.3 is 0 Å². The van der Waals surface area contributed by atoms with Crippen molar-refractivity contribution in [1.29, 1.82) is 0 Å². The molecule has 0 unspecified atom stereocenters. The minimum Gasteiger partial charge on any atom is -0.345 e. The number of nitrogens with zero attached hydrogens (tertiary/aromatic N) is 2. The summed E-state index contributed by atoms with van der Waals surface area (Å²) in [5.74, 6) is -3.52. The lowest BCUT2D eigenvalue weighted by Gasteiger charge is -2.12. The fourth-order valence-electron chi connectivity index (χ4n) is 3.54. The van der Waals surface area contributed by atoms with Crippen molar-refractivity contribution in [2.45, 2.75) is 24.7 Å². The highest BCUT2D eigenvalue weighted by Crippen LogP contribution is 2.29. The first-order valence-electron chi connectivity index (χ1n) is 10.2. The average Bonchev–Trinajstić information content (AvgIpc) is 3.24. The third kappa shape index (κ3) is 4.25. The molecule has 0 fully saturated rings. The number of ketones is 1. The van der Waals surface area contributed by atoms with Crippen LogP contribution in [0.1, 0.15) is 34.8 Å². The number of aryl methyl sites for hydroxylation is 1. The standard InChI is InChI=1S/C24H18F2N4O3S/c1-3-4-14-5-7-16(8-6-14)34(32,33)30-20-10-9-19(25)21(22(20)26)23(31)18-13-29-24-17(18)11-15(27-2)12-28-24/h5-13,30H,3-4H2,1H3,(H,28,29). The predicted octanol–water partition coefficient (Wildman–Crippen LogP) is 5.38. The van der Waals surface area contributed by atoms with Gasteiger partial charge in [-0.3, -0.25) is 14.5 Å². The van der Waals surface area contributed by atoms with Gasteiger partial charge in [0.25, 0.3) is 10.0 Å². The smallest absolute Gasteiger partial charge is 0.261 e. The third-order valence-electron chi connectivity index (χ3n) is 5.23. The van der Waals surface area contributed by atoms with Crippen LogP contribution >= 0.6 is 0 Å². The molecule has 0 aliphatic rings. The van der Waals surface area contributed by atoms with Crippen LogP contribution in [-0.4, -0.2) is 24.2 Å². The Hall–Kier alpha value is -4.10.